The van der Waals surface area contributed by atoms with Crippen molar-refractivity contribution in [2.75, 3.05) is 0 Å². The summed E-state index contributed by atoms with van der Waals surface area (Å²) in [4.78, 5) is 12.0. The summed E-state index contributed by atoms with van der Waals surface area (Å²) in [5.41, 5.74) is 2.90. The van der Waals surface area contributed by atoms with Gasteiger partial charge in [-0.1, -0.05) is 0 Å². The minimum atomic E-state index is -0.0570. The highest BCUT2D eigenvalue weighted by Gasteiger charge is 2.13. The molecule has 2 aromatic rings. The van der Waals surface area contributed by atoms with Crippen molar-refractivity contribution in [3.05, 3.63) is 41.5 Å². The van der Waals surface area contributed by atoms with Crippen LogP contribution >= 0.6 is 0 Å². The predicted molar refractivity (Wildman–Crippen MR) is 71.7 cm³/mol. The number of hydrogen-bond acceptors (Lipinski definition) is 2. The lowest BCUT2D eigenvalue weighted by atomic mass is 10.1. The molecule has 1 aliphatic heterocycles. The first-order valence-electron chi connectivity index (χ1n) is 6.69. The molecule has 0 fully saturated rings. The number of fused-ring (bicyclic) bond motifs is 1. The summed E-state index contributed by atoms with van der Waals surface area (Å²) in [5.74, 6) is -0.0570. The Balaban J connectivity index is 1.65. The van der Waals surface area contributed by atoms with E-state index in [4.69, 9.17) is 0 Å². The molecule has 1 aliphatic rings. The fraction of sp³-hybridized carbons (Fsp3) is 0.429. The normalized spacial score (nSPS) is 14.2. The van der Waals surface area contributed by atoms with Gasteiger partial charge in [-0.05, 0) is 37.5 Å². The maximum absolute atomic E-state index is 12.0. The fourth-order valence-electron chi connectivity index (χ4n) is 2.52. The Kier molecular flexibility index (Phi) is 3.11. The number of nitrogens with one attached hydrogen (secondary N) is 1. The molecule has 0 bridgehead atoms. The number of carbonyl (C=O) groups is 1. The van der Waals surface area contributed by atoms with Crippen LogP contribution in [-0.2, 0) is 26.6 Å². The smallest absolute Gasteiger partial charge is 0.268 e. The number of amides is 1. The lowest BCUT2D eigenvalue weighted by Gasteiger charge is -2.11. The van der Waals surface area contributed by atoms with Gasteiger partial charge in [-0.2, -0.15) is 5.10 Å². The van der Waals surface area contributed by atoms with Crippen molar-refractivity contribution in [2.24, 2.45) is 7.05 Å². The van der Waals surface area contributed by atoms with Crippen LogP contribution in [0, 0.1) is 0 Å². The highest BCUT2D eigenvalue weighted by molar-refractivity contribution is 5.92. The number of carbonyl (C=O) groups excluding carboxylic acids is 1. The third-order valence-corrected chi connectivity index (χ3v) is 3.57. The molecular formula is C14H18N4O. The average Bonchev–Trinajstić information content (AvgIpc) is 3.01. The number of aromatic nitrogens is 3. The van der Waals surface area contributed by atoms with E-state index in [-0.39, 0.29) is 5.91 Å². The lowest BCUT2D eigenvalue weighted by Crippen LogP contribution is -2.25. The van der Waals surface area contributed by atoms with Crippen LogP contribution in [0.25, 0.3) is 0 Å². The Morgan fingerprint density at radius 3 is 3.11 bits per heavy atom. The minimum Gasteiger partial charge on any atom is -0.347 e. The van der Waals surface area contributed by atoms with Gasteiger partial charge in [0.25, 0.3) is 5.91 Å². The molecule has 0 saturated heterocycles. The maximum Gasteiger partial charge on any atom is 0.268 e. The number of nitrogens with zero attached hydrogens (tertiary/aromatic N) is 3. The van der Waals surface area contributed by atoms with Gasteiger partial charge in [0.1, 0.15) is 5.69 Å². The van der Waals surface area contributed by atoms with E-state index in [1.54, 1.807) is 0 Å². The molecule has 0 saturated carbocycles. The highest BCUT2D eigenvalue weighted by atomic mass is 16.1. The van der Waals surface area contributed by atoms with Gasteiger partial charge in [0.05, 0.1) is 12.2 Å². The molecule has 2 aromatic heterocycles. The second-order valence-corrected chi connectivity index (χ2v) is 4.99. The number of rotatable bonds is 3. The van der Waals surface area contributed by atoms with E-state index in [9.17, 15) is 4.79 Å². The Morgan fingerprint density at radius 2 is 2.37 bits per heavy atom. The SMILES string of the molecule is Cn1cccc1C(=O)NCc1cc2n(n1)CCCC2. The zero-order valence-corrected chi connectivity index (χ0v) is 11.1. The molecule has 100 valence electrons. The maximum atomic E-state index is 12.0. The highest BCUT2D eigenvalue weighted by Crippen LogP contribution is 2.15. The summed E-state index contributed by atoms with van der Waals surface area (Å²) >= 11 is 0. The van der Waals surface area contributed by atoms with E-state index < -0.39 is 0 Å². The Bertz CT molecular complexity index is 573. The molecule has 0 spiro atoms. The molecule has 0 atom stereocenters. The van der Waals surface area contributed by atoms with E-state index in [1.165, 1.54) is 18.5 Å². The van der Waals surface area contributed by atoms with Crippen molar-refractivity contribution < 1.29 is 4.79 Å². The monoisotopic (exact) mass is 258 g/mol. The Morgan fingerprint density at radius 1 is 1.47 bits per heavy atom. The summed E-state index contributed by atoms with van der Waals surface area (Å²) in [7, 11) is 1.87. The summed E-state index contributed by atoms with van der Waals surface area (Å²) in [6.07, 6.45) is 5.40. The predicted octanol–water partition coefficient (Wildman–Crippen LogP) is 1.49. The van der Waals surface area contributed by atoms with Crippen molar-refractivity contribution in [3.63, 3.8) is 0 Å². The second-order valence-electron chi connectivity index (χ2n) is 4.99. The molecule has 5 nitrogen and oxygen atoms in total. The van der Waals surface area contributed by atoms with Crippen LogP contribution in [0.2, 0.25) is 0 Å². The van der Waals surface area contributed by atoms with Gasteiger partial charge in [-0.15, -0.1) is 0 Å². The molecule has 19 heavy (non-hydrogen) atoms. The van der Waals surface area contributed by atoms with Gasteiger partial charge in [-0.25, -0.2) is 0 Å². The van der Waals surface area contributed by atoms with Gasteiger partial charge >= 0.3 is 0 Å². The minimum absolute atomic E-state index is 0.0570. The first kappa shape index (κ1) is 12.0. The second kappa shape index (κ2) is 4.91. The average molecular weight is 258 g/mol. The van der Waals surface area contributed by atoms with E-state index in [0.29, 0.717) is 12.2 Å². The molecule has 0 aliphatic carbocycles. The molecule has 0 radical (unpaired) electrons. The molecule has 1 N–H and O–H groups in total. The fourth-order valence-corrected chi connectivity index (χ4v) is 2.52. The summed E-state index contributed by atoms with van der Waals surface area (Å²) in [6.45, 7) is 1.49. The van der Waals surface area contributed by atoms with Gasteiger partial charge in [0.15, 0.2) is 0 Å². The summed E-state index contributed by atoms with van der Waals surface area (Å²) < 4.78 is 3.88. The van der Waals surface area contributed by atoms with Gasteiger partial charge in [-0.3, -0.25) is 9.48 Å². The zero-order valence-electron chi connectivity index (χ0n) is 11.1. The third-order valence-electron chi connectivity index (χ3n) is 3.57. The summed E-state index contributed by atoms with van der Waals surface area (Å²) in [5, 5.41) is 7.44. The van der Waals surface area contributed by atoms with Gasteiger partial charge in [0.2, 0.25) is 0 Å². The van der Waals surface area contributed by atoms with Crippen LogP contribution in [-0.4, -0.2) is 20.3 Å². The first-order chi connectivity index (χ1) is 9.24. The van der Waals surface area contributed by atoms with E-state index in [1.807, 2.05) is 29.9 Å². The van der Waals surface area contributed by atoms with Gasteiger partial charge < -0.3 is 9.88 Å². The topological polar surface area (TPSA) is 51.9 Å². The molecule has 3 rings (SSSR count). The number of aryl methyl sites for hydroxylation is 3. The standard InChI is InChI=1S/C14H18N4O/c1-17-7-4-6-13(17)14(19)15-10-11-9-12-5-2-3-8-18(12)16-11/h4,6-7,9H,2-3,5,8,10H2,1H3,(H,15,19). The van der Waals surface area contributed by atoms with Crippen LogP contribution in [0.3, 0.4) is 0 Å². The molecule has 0 aromatic carbocycles. The molecular weight excluding hydrogens is 240 g/mol. The van der Waals surface area contributed by atoms with Crippen LogP contribution in [0.5, 0.6) is 0 Å². The largest absolute Gasteiger partial charge is 0.347 e. The van der Waals surface area contributed by atoms with Crippen molar-refractivity contribution in [1.29, 1.82) is 0 Å². The zero-order chi connectivity index (χ0) is 13.2. The van der Waals surface area contributed by atoms with Crippen LogP contribution < -0.4 is 5.32 Å². The van der Waals surface area contributed by atoms with E-state index in [0.717, 1.165) is 18.7 Å². The lowest BCUT2D eigenvalue weighted by molar-refractivity contribution is 0.0942. The molecule has 5 heteroatoms. The van der Waals surface area contributed by atoms with Crippen LogP contribution in [0.4, 0.5) is 0 Å². The number of hydrogen-bond donors (Lipinski definition) is 1. The van der Waals surface area contributed by atoms with Crippen molar-refractivity contribution >= 4 is 5.91 Å². The Hall–Kier alpha value is -2.04. The van der Waals surface area contributed by atoms with Crippen LogP contribution in [0.15, 0.2) is 24.4 Å². The van der Waals surface area contributed by atoms with E-state index in [2.05, 4.69) is 21.2 Å². The quantitative estimate of drug-likeness (QED) is 0.906. The molecule has 3 heterocycles. The first-order valence-corrected chi connectivity index (χ1v) is 6.69. The third kappa shape index (κ3) is 2.41. The van der Waals surface area contributed by atoms with Crippen LogP contribution in [0.1, 0.15) is 34.7 Å². The van der Waals surface area contributed by atoms with Gasteiger partial charge in [0, 0.05) is 25.5 Å². The molecule has 0 unspecified atom stereocenters. The van der Waals surface area contributed by atoms with Crippen molar-refractivity contribution in [1.82, 2.24) is 19.7 Å². The molecule has 1 amide bonds. The van der Waals surface area contributed by atoms with E-state index >= 15 is 0 Å². The summed E-state index contributed by atoms with van der Waals surface area (Å²) in [6, 6.07) is 5.78. The Labute approximate surface area is 112 Å². The van der Waals surface area contributed by atoms with Crippen molar-refractivity contribution in [2.45, 2.75) is 32.4 Å². The van der Waals surface area contributed by atoms with Crippen molar-refractivity contribution in [3.8, 4) is 0 Å².